The van der Waals surface area contributed by atoms with Crippen LogP contribution in [-0.4, -0.2) is 66.9 Å². The van der Waals surface area contributed by atoms with Gasteiger partial charge in [-0.1, -0.05) is 6.92 Å². The minimum Gasteiger partial charge on any atom is -0.381 e. The molecule has 128 valence electrons. The van der Waals surface area contributed by atoms with E-state index >= 15 is 0 Å². The molecule has 0 spiro atoms. The number of rotatable bonds is 10. The molecule has 0 aromatic heterocycles. The second kappa shape index (κ2) is 10.1. The van der Waals surface area contributed by atoms with Crippen LogP contribution < -0.4 is 0 Å². The molecule has 2 atom stereocenters. The van der Waals surface area contributed by atoms with Gasteiger partial charge in [0.15, 0.2) is 0 Å². The fraction of sp³-hybridized carbons (Fsp3) is 0.867. The molecular formula is C15H29N3O3S. The third-order valence-corrected chi connectivity index (χ3v) is 5.07. The molecule has 1 aliphatic heterocycles. The van der Waals surface area contributed by atoms with E-state index in [4.69, 9.17) is 4.74 Å². The van der Waals surface area contributed by atoms with Gasteiger partial charge in [-0.3, -0.25) is 10.1 Å². The summed E-state index contributed by atoms with van der Waals surface area (Å²) >= 11 is 1.41. The van der Waals surface area contributed by atoms with Crippen LogP contribution in [0.2, 0.25) is 0 Å². The van der Waals surface area contributed by atoms with Gasteiger partial charge in [0, 0.05) is 32.8 Å². The van der Waals surface area contributed by atoms with E-state index in [1.54, 1.807) is 0 Å². The highest BCUT2D eigenvalue weighted by Gasteiger charge is 2.21. The Hall–Kier alpha value is -0.790. The van der Waals surface area contributed by atoms with Gasteiger partial charge in [0.05, 0.1) is 11.5 Å². The normalized spacial score (nSPS) is 20.4. The van der Waals surface area contributed by atoms with E-state index in [1.807, 2.05) is 18.2 Å². The van der Waals surface area contributed by atoms with Gasteiger partial charge in [0.2, 0.25) is 0 Å². The van der Waals surface area contributed by atoms with Crippen LogP contribution in [0.1, 0.15) is 26.7 Å². The van der Waals surface area contributed by atoms with Crippen molar-refractivity contribution in [3.8, 4) is 0 Å². The highest BCUT2D eigenvalue weighted by atomic mass is 32.2. The minimum atomic E-state index is -0.385. The summed E-state index contributed by atoms with van der Waals surface area (Å²) in [4.78, 5) is 14.7. The molecular weight excluding hydrogens is 302 g/mol. The lowest BCUT2D eigenvalue weighted by Crippen LogP contribution is -2.38. The monoisotopic (exact) mass is 331 g/mol. The summed E-state index contributed by atoms with van der Waals surface area (Å²) in [5, 5.41) is 11.3. The number of ether oxygens (including phenoxy) is 1. The van der Waals surface area contributed by atoms with Gasteiger partial charge in [-0.25, -0.2) is 0 Å². The maximum Gasteiger partial charge on any atom is 0.264 e. The molecule has 1 aliphatic rings. The second-order valence-electron chi connectivity index (χ2n) is 5.83. The molecule has 1 rings (SSSR count). The molecule has 0 bridgehead atoms. The first-order valence-electron chi connectivity index (χ1n) is 7.90. The summed E-state index contributed by atoms with van der Waals surface area (Å²) in [6.07, 6.45) is 5.11. The van der Waals surface area contributed by atoms with Crippen LogP contribution in [0.5, 0.6) is 0 Å². The standard InChI is InChI=1S/C15H29N3O3S/c1-5-17(10-14-7-9-21-12-14)13(2)6-8-16(3)15(22-4)11-18(19)20/h11,13-14H,5-10,12H2,1-4H3. The van der Waals surface area contributed by atoms with Crippen molar-refractivity contribution in [2.45, 2.75) is 32.7 Å². The molecule has 0 N–H and O–H groups in total. The third-order valence-electron chi connectivity index (χ3n) is 4.23. The van der Waals surface area contributed by atoms with Crippen LogP contribution in [0.25, 0.3) is 0 Å². The Morgan fingerprint density at radius 1 is 1.59 bits per heavy atom. The molecule has 0 aromatic carbocycles. The first kappa shape index (κ1) is 19.3. The third kappa shape index (κ3) is 6.54. The average Bonchev–Trinajstić information content (AvgIpc) is 3.00. The number of nitro groups is 1. The molecule has 0 aliphatic carbocycles. The van der Waals surface area contributed by atoms with Crippen molar-refractivity contribution in [2.75, 3.05) is 46.2 Å². The topological polar surface area (TPSA) is 58.8 Å². The molecule has 7 heteroatoms. The highest BCUT2D eigenvalue weighted by molar-refractivity contribution is 8.02. The Bertz CT molecular complexity index is 373. The average molecular weight is 331 g/mol. The Morgan fingerprint density at radius 2 is 2.32 bits per heavy atom. The van der Waals surface area contributed by atoms with Crippen molar-refractivity contribution >= 4 is 11.8 Å². The number of nitrogens with zero attached hydrogens (tertiary/aromatic N) is 3. The largest absolute Gasteiger partial charge is 0.381 e. The van der Waals surface area contributed by atoms with Crippen LogP contribution >= 0.6 is 11.8 Å². The fourth-order valence-corrected chi connectivity index (χ4v) is 3.34. The lowest BCUT2D eigenvalue weighted by atomic mass is 10.1. The van der Waals surface area contributed by atoms with Crippen molar-refractivity contribution in [1.29, 1.82) is 0 Å². The van der Waals surface area contributed by atoms with E-state index < -0.39 is 0 Å². The summed E-state index contributed by atoms with van der Waals surface area (Å²) in [5.41, 5.74) is 0. The van der Waals surface area contributed by atoms with Crippen molar-refractivity contribution in [1.82, 2.24) is 9.80 Å². The zero-order valence-corrected chi connectivity index (χ0v) is 15.0. The molecule has 6 nitrogen and oxygen atoms in total. The molecule has 0 aromatic rings. The number of hydrogen-bond donors (Lipinski definition) is 0. The molecule has 0 amide bonds. The van der Waals surface area contributed by atoms with Crippen LogP contribution in [0.15, 0.2) is 11.2 Å². The maximum absolute atomic E-state index is 10.6. The molecule has 1 heterocycles. The van der Waals surface area contributed by atoms with E-state index in [1.165, 1.54) is 11.8 Å². The van der Waals surface area contributed by atoms with E-state index in [-0.39, 0.29) is 4.92 Å². The van der Waals surface area contributed by atoms with Gasteiger partial charge < -0.3 is 14.5 Å². The van der Waals surface area contributed by atoms with Gasteiger partial charge in [-0.05, 0) is 38.5 Å². The van der Waals surface area contributed by atoms with E-state index in [9.17, 15) is 10.1 Å². The summed E-state index contributed by atoms with van der Waals surface area (Å²) in [5.74, 6) is 0.649. The molecule has 22 heavy (non-hydrogen) atoms. The van der Waals surface area contributed by atoms with Gasteiger partial charge in [0.25, 0.3) is 6.20 Å². The van der Waals surface area contributed by atoms with E-state index in [0.717, 1.165) is 51.9 Å². The Balaban J connectivity index is 2.44. The molecule has 1 fully saturated rings. The first-order chi connectivity index (χ1) is 10.5. The Labute approximate surface area is 138 Å². The second-order valence-corrected chi connectivity index (χ2v) is 6.66. The van der Waals surface area contributed by atoms with Crippen molar-refractivity contribution in [3.05, 3.63) is 21.3 Å². The van der Waals surface area contributed by atoms with E-state index in [0.29, 0.717) is 17.0 Å². The zero-order valence-electron chi connectivity index (χ0n) is 14.2. The summed E-state index contributed by atoms with van der Waals surface area (Å²) in [6, 6.07) is 0.465. The fourth-order valence-electron chi connectivity index (χ4n) is 2.75. The predicted octanol–water partition coefficient (Wildman–Crippen LogP) is 2.49. The molecule has 2 unspecified atom stereocenters. The maximum atomic E-state index is 10.6. The summed E-state index contributed by atoms with van der Waals surface area (Å²) in [6.45, 7) is 9.13. The summed E-state index contributed by atoms with van der Waals surface area (Å²) < 4.78 is 5.45. The smallest absolute Gasteiger partial charge is 0.264 e. The van der Waals surface area contributed by atoms with Gasteiger partial charge in [0.1, 0.15) is 5.03 Å². The van der Waals surface area contributed by atoms with Gasteiger partial charge in [-0.2, -0.15) is 0 Å². The van der Waals surface area contributed by atoms with Crippen molar-refractivity contribution < 1.29 is 9.66 Å². The quantitative estimate of drug-likeness (QED) is 0.453. The van der Waals surface area contributed by atoms with Crippen molar-refractivity contribution in [3.63, 3.8) is 0 Å². The number of hydrogen-bond acceptors (Lipinski definition) is 6. The SMILES string of the molecule is CCN(CC1CCOC1)C(C)CCN(C)C(=C[N+](=O)[O-])SC. The first-order valence-corrected chi connectivity index (χ1v) is 9.12. The predicted molar refractivity (Wildman–Crippen MR) is 91.5 cm³/mol. The molecule has 0 radical (unpaired) electrons. The van der Waals surface area contributed by atoms with Crippen LogP contribution in [0, 0.1) is 16.0 Å². The van der Waals surface area contributed by atoms with Crippen LogP contribution in [-0.2, 0) is 4.74 Å². The van der Waals surface area contributed by atoms with Crippen LogP contribution in [0.4, 0.5) is 0 Å². The lowest BCUT2D eigenvalue weighted by Gasteiger charge is -2.31. The van der Waals surface area contributed by atoms with Gasteiger partial charge >= 0.3 is 0 Å². The minimum absolute atomic E-state index is 0.385. The van der Waals surface area contributed by atoms with Crippen LogP contribution in [0.3, 0.4) is 0 Å². The zero-order chi connectivity index (χ0) is 16.5. The number of thioether (sulfide) groups is 1. The highest BCUT2D eigenvalue weighted by Crippen LogP contribution is 2.19. The Morgan fingerprint density at radius 3 is 2.82 bits per heavy atom. The van der Waals surface area contributed by atoms with Gasteiger partial charge in [-0.15, -0.1) is 11.8 Å². The summed E-state index contributed by atoms with van der Waals surface area (Å²) in [7, 11) is 1.92. The molecule has 1 saturated heterocycles. The lowest BCUT2D eigenvalue weighted by molar-refractivity contribution is -0.403. The van der Waals surface area contributed by atoms with Crippen molar-refractivity contribution in [2.24, 2.45) is 5.92 Å². The molecule has 0 saturated carbocycles. The van der Waals surface area contributed by atoms with E-state index in [2.05, 4.69) is 18.7 Å². The Kier molecular flexibility index (Phi) is 8.82.